The zero-order valence-corrected chi connectivity index (χ0v) is 8.71. The first kappa shape index (κ1) is 11.1. The summed E-state index contributed by atoms with van der Waals surface area (Å²) in [6, 6.07) is 7.74. The molecule has 0 aliphatic rings. The van der Waals surface area contributed by atoms with Gasteiger partial charge >= 0.3 is 6.03 Å². The molecule has 78 valence electrons. The number of amides is 2. The first-order valence-corrected chi connectivity index (χ1v) is 4.73. The summed E-state index contributed by atoms with van der Waals surface area (Å²) in [6.45, 7) is 2.78. The number of carbonyl (C=O) groups excluding carboxylic acids is 1. The number of nitrogens with one attached hydrogen (secondary N) is 2. The van der Waals surface area contributed by atoms with Crippen LogP contribution in [0.15, 0.2) is 24.3 Å². The van der Waals surface area contributed by atoms with Crippen LogP contribution in [0.5, 0.6) is 0 Å². The molecular formula is C12H14N2O. The fourth-order valence-electron chi connectivity index (χ4n) is 1.08. The topological polar surface area (TPSA) is 41.1 Å². The van der Waals surface area contributed by atoms with Crippen LogP contribution in [-0.2, 0) is 6.54 Å². The lowest BCUT2D eigenvalue weighted by atomic mass is 10.1. The fourth-order valence-corrected chi connectivity index (χ4v) is 1.08. The van der Waals surface area contributed by atoms with Gasteiger partial charge in [-0.1, -0.05) is 35.7 Å². The maximum Gasteiger partial charge on any atom is 0.315 e. The molecule has 0 heterocycles. The number of aryl methyl sites for hydroxylation is 1. The standard InChI is InChI=1S/C12H14N2O/c1-3-8-13-12(15)14-9-11-6-4-10(2)5-7-11/h1,4-7H,8-9H2,2H3,(H2,13,14,15). The Labute approximate surface area is 89.9 Å². The fraction of sp³-hybridized carbons (Fsp3) is 0.250. The van der Waals surface area contributed by atoms with Gasteiger partial charge in [0.1, 0.15) is 0 Å². The van der Waals surface area contributed by atoms with E-state index in [-0.39, 0.29) is 12.6 Å². The minimum Gasteiger partial charge on any atom is -0.334 e. The van der Waals surface area contributed by atoms with Gasteiger partial charge in [0.15, 0.2) is 0 Å². The number of terminal acetylenes is 1. The lowest BCUT2D eigenvalue weighted by Gasteiger charge is -2.05. The van der Waals surface area contributed by atoms with E-state index in [1.54, 1.807) is 0 Å². The first-order chi connectivity index (χ1) is 7.22. The number of benzene rings is 1. The highest BCUT2D eigenvalue weighted by atomic mass is 16.2. The Hall–Kier alpha value is -1.95. The lowest BCUT2D eigenvalue weighted by Crippen LogP contribution is -2.35. The molecule has 0 spiro atoms. The van der Waals surface area contributed by atoms with Crippen molar-refractivity contribution in [2.45, 2.75) is 13.5 Å². The predicted octanol–water partition coefficient (Wildman–Crippen LogP) is 1.43. The summed E-state index contributed by atoms with van der Waals surface area (Å²) in [5.74, 6) is 2.33. The normalized spacial score (nSPS) is 9.07. The second-order valence-electron chi connectivity index (χ2n) is 3.23. The molecule has 0 bridgehead atoms. The molecule has 0 saturated heterocycles. The van der Waals surface area contributed by atoms with Crippen molar-refractivity contribution < 1.29 is 4.79 Å². The number of carbonyl (C=O) groups is 1. The second-order valence-corrected chi connectivity index (χ2v) is 3.23. The summed E-state index contributed by atoms with van der Waals surface area (Å²) in [5.41, 5.74) is 2.27. The lowest BCUT2D eigenvalue weighted by molar-refractivity contribution is 0.241. The third kappa shape index (κ3) is 4.19. The van der Waals surface area contributed by atoms with Crippen LogP contribution in [-0.4, -0.2) is 12.6 Å². The van der Waals surface area contributed by atoms with Crippen LogP contribution in [0.1, 0.15) is 11.1 Å². The Kier molecular flexibility index (Phi) is 4.24. The summed E-state index contributed by atoms with van der Waals surface area (Å²) in [7, 11) is 0. The second kappa shape index (κ2) is 5.71. The van der Waals surface area contributed by atoms with Gasteiger partial charge in [-0.2, -0.15) is 0 Å². The first-order valence-electron chi connectivity index (χ1n) is 4.73. The Morgan fingerprint density at radius 2 is 2.00 bits per heavy atom. The van der Waals surface area contributed by atoms with Crippen molar-refractivity contribution in [1.29, 1.82) is 0 Å². The highest BCUT2D eigenvalue weighted by molar-refractivity contribution is 5.74. The monoisotopic (exact) mass is 202 g/mol. The molecule has 0 fully saturated rings. The van der Waals surface area contributed by atoms with Crippen LogP contribution < -0.4 is 10.6 Å². The summed E-state index contributed by atoms with van der Waals surface area (Å²) < 4.78 is 0. The van der Waals surface area contributed by atoms with Crippen LogP contribution in [0, 0.1) is 19.3 Å². The van der Waals surface area contributed by atoms with Gasteiger partial charge in [0.2, 0.25) is 0 Å². The van der Waals surface area contributed by atoms with E-state index in [1.807, 2.05) is 31.2 Å². The van der Waals surface area contributed by atoms with Gasteiger partial charge in [0.05, 0.1) is 6.54 Å². The van der Waals surface area contributed by atoms with E-state index in [9.17, 15) is 4.79 Å². The highest BCUT2D eigenvalue weighted by Gasteiger charge is 1.97. The predicted molar refractivity (Wildman–Crippen MR) is 60.3 cm³/mol. The summed E-state index contributed by atoms with van der Waals surface area (Å²) in [5, 5.41) is 5.24. The Bertz CT molecular complexity index is 362. The van der Waals surface area contributed by atoms with Crippen LogP contribution in [0.4, 0.5) is 4.79 Å². The maximum absolute atomic E-state index is 11.1. The minimum absolute atomic E-state index is 0.242. The molecule has 2 amide bonds. The Morgan fingerprint density at radius 3 is 2.60 bits per heavy atom. The molecule has 15 heavy (non-hydrogen) atoms. The van der Waals surface area contributed by atoms with Crippen molar-refractivity contribution in [3.05, 3.63) is 35.4 Å². The molecule has 0 radical (unpaired) electrons. The van der Waals surface area contributed by atoms with E-state index in [0.29, 0.717) is 6.54 Å². The van der Waals surface area contributed by atoms with Crippen molar-refractivity contribution in [2.75, 3.05) is 6.54 Å². The Balaban J connectivity index is 2.34. The van der Waals surface area contributed by atoms with Crippen molar-refractivity contribution in [3.63, 3.8) is 0 Å². The van der Waals surface area contributed by atoms with Crippen molar-refractivity contribution in [2.24, 2.45) is 0 Å². The van der Waals surface area contributed by atoms with E-state index in [0.717, 1.165) is 5.56 Å². The quantitative estimate of drug-likeness (QED) is 0.715. The van der Waals surface area contributed by atoms with Crippen molar-refractivity contribution in [3.8, 4) is 12.3 Å². The van der Waals surface area contributed by atoms with Gasteiger partial charge in [0.25, 0.3) is 0 Å². The summed E-state index contributed by atoms with van der Waals surface area (Å²) in [4.78, 5) is 11.1. The van der Waals surface area contributed by atoms with Gasteiger partial charge < -0.3 is 10.6 Å². The van der Waals surface area contributed by atoms with Gasteiger partial charge in [-0.15, -0.1) is 6.42 Å². The van der Waals surface area contributed by atoms with Crippen LogP contribution in [0.3, 0.4) is 0 Å². The average molecular weight is 202 g/mol. The molecule has 2 N–H and O–H groups in total. The third-order valence-electron chi connectivity index (χ3n) is 1.92. The van der Waals surface area contributed by atoms with E-state index >= 15 is 0 Å². The van der Waals surface area contributed by atoms with Gasteiger partial charge in [-0.25, -0.2) is 4.79 Å². The van der Waals surface area contributed by atoms with Gasteiger partial charge in [0, 0.05) is 6.54 Å². The molecule has 0 saturated carbocycles. The molecule has 3 nitrogen and oxygen atoms in total. The number of hydrogen-bond donors (Lipinski definition) is 2. The zero-order chi connectivity index (χ0) is 11.1. The molecule has 0 atom stereocenters. The number of hydrogen-bond acceptors (Lipinski definition) is 1. The van der Waals surface area contributed by atoms with E-state index in [2.05, 4.69) is 16.6 Å². The average Bonchev–Trinajstić information content (AvgIpc) is 2.25. The Morgan fingerprint density at radius 1 is 1.33 bits per heavy atom. The van der Waals surface area contributed by atoms with Crippen molar-refractivity contribution in [1.82, 2.24) is 10.6 Å². The minimum atomic E-state index is -0.242. The molecule has 1 aromatic rings. The summed E-state index contributed by atoms with van der Waals surface area (Å²) >= 11 is 0. The molecule has 0 aliphatic carbocycles. The molecule has 0 aliphatic heterocycles. The van der Waals surface area contributed by atoms with Crippen LogP contribution >= 0.6 is 0 Å². The maximum atomic E-state index is 11.1. The summed E-state index contributed by atoms with van der Waals surface area (Å²) in [6.07, 6.45) is 5.01. The molecule has 0 unspecified atom stereocenters. The largest absolute Gasteiger partial charge is 0.334 e. The third-order valence-corrected chi connectivity index (χ3v) is 1.92. The molecule has 0 aromatic heterocycles. The van der Waals surface area contributed by atoms with E-state index < -0.39 is 0 Å². The molecule has 3 heteroatoms. The molecular weight excluding hydrogens is 188 g/mol. The van der Waals surface area contributed by atoms with Gasteiger partial charge in [-0.05, 0) is 12.5 Å². The SMILES string of the molecule is C#CCNC(=O)NCc1ccc(C)cc1. The van der Waals surface area contributed by atoms with Crippen molar-refractivity contribution >= 4 is 6.03 Å². The van der Waals surface area contributed by atoms with Crippen LogP contribution in [0.2, 0.25) is 0 Å². The molecule has 1 rings (SSSR count). The highest BCUT2D eigenvalue weighted by Crippen LogP contribution is 2.01. The van der Waals surface area contributed by atoms with Gasteiger partial charge in [-0.3, -0.25) is 0 Å². The zero-order valence-electron chi connectivity index (χ0n) is 8.71. The number of urea groups is 1. The van der Waals surface area contributed by atoms with E-state index in [1.165, 1.54) is 5.56 Å². The van der Waals surface area contributed by atoms with Crippen LogP contribution in [0.25, 0.3) is 0 Å². The molecule has 1 aromatic carbocycles. The smallest absolute Gasteiger partial charge is 0.315 e. The van der Waals surface area contributed by atoms with E-state index in [4.69, 9.17) is 6.42 Å². The number of rotatable bonds is 3.